The zero-order chi connectivity index (χ0) is 18.5. The number of halogens is 1. The van der Waals surface area contributed by atoms with Gasteiger partial charge in [0.1, 0.15) is 5.82 Å². The molecule has 26 heavy (non-hydrogen) atoms. The smallest absolute Gasteiger partial charge is 0.268 e. The maximum absolute atomic E-state index is 13.6. The number of piperidine rings is 1. The SMILES string of the molecule is Cn1ncc(N2CCCC(CC(=O)NCc3ccccc3F)C2)cc1=O. The number of aryl methyl sites for hydroxylation is 1. The minimum Gasteiger partial charge on any atom is -0.370 e. The van der Waals surface area contributed by atoms with Gasteiger partial charge in [-0.25, -0.2) is 9.07 Å². The van der Waals surface area contributed by atoms with E-state index in [-0.39, 0.29) is 29.7 Å². The van der Waals surface area contributed by atoms with Crippen molar-refractivity contribution >= 4 is 11.6 Å². The van der Waals surface area contributed by atoms with Crippen LogP contribution in [0.5, 0.6) is 0 Å². The van der Waals surface area contributed by atoms with E-state index in [1.54, 1.807) is 37.5 Å². The van der Waals surface area contributed by atoms with Crippen LogP contribution in [0.25, 0.3) is 0 Å². The van der Waals surface area contributed by atoms with Gasteiger partial charge in [0.25, 0.3) is 5.56 Å². The highest BCUT2D eigenvalue weighted by Crippen LogP contribution is 2.23. The van der Waals surface area contributed by atoms with E-state index in [2.05, 4.69) is 15.3 Å². The number of benzene rings is 1. The van der Waals surface area contributed by atoms with Crippen molar-refractivity contribution in [2.75, 3.05) is 18.0 Å². The van der Waals surface area contributed by atoms with Crippen LogP contribution in [0.2, 0.25) is 0 Å². The predicted molar refractivity (Wildman–Crippen MR) is 97.3 cm³/mol. The molecule has 1 saturated heterocycles. The van der Waals surface area contributed by atoms with Gasteiger partial charge in [-0.3, -0.25) is 9.59 Å². The summed E-state index contributed by atoms with van der Waals surface area (Å²) in [5, 5.41) is 6.85. The van der Waals surface area contributed by atoms with Crippen LogP contribution in [0.3, 0.4) is 0 Å². The van der Waals surface area contributed by atoms with E-state index < -0.39 is 0 Å². The maximum atomic E-state index is 13.6. The summed E-state index contributed by atoms with van der Waals surface area (Å²) in [5.41, 5.74) is 1.13. The summed E-state index contributed by atoms with van der Waals surface area (Å²) in [6, 6.07) is 8.01. The molecule has 1 unspecified atom stereocenters. The first-order chi connectivity index (χ1) is 12.5. The summed E-state index contributed by atoms with van der Waals surface area (Å²) in [5.74, 6) is -0.189. The monoisotopic (exact) mass is 358 g/mol. The van der Waals surface area contributed by atoms with Gasteiger partial charge in [-0.15, -0.1) is 0 Å². The van der Waals surface area contributed by atoms with Gasteiger partial charge in [0, 0.05) is 44.7 Å². The van der Waals surface area contributed by atoms with Gasteiger partial charge < -0.3 is 10.2 Å². The molecule has 1 N–H and O–H groups in total. The molecule has 1 aliphatic heterocycles. The number of rotatable bonds is 5. The second kappa shape index (κ2) is 8.12. The lowest BCUT2D eigenvalue weighted by Gasteiger charge is -2.33. The second-order valence-corrected chi connectivity index (χ2v) is 6.70. The molecule has 1 atom stereocenters. The van der Waals surface area contributed by atoms with E-state index in [9.17, 15) is 14.0 Å². The molecule has 0 saturated carbocycles. The fourth-order valence-corrected chi connectivity index (χ4v) is 3.27. The Labute approximate surface area is 151 Å². The Morgan fingerprint density at radius 2 is 2.19 bits per heavy atom. The number of carbonyl (C=O) groups excluding carboxylic acids is 1. The topological polar surface area (TPSA) is 67.2 Å². The normalized spacial score (nSPS) is 17.2. The summed E-state index contributed by atoms with van der Waals surface area (Å²) >= 11 is 0. The van der Waals surface area contributed by atoms with Gasteiger partial charge in [-0.1, -0.05) is 18.2 Å². The number of nitrogens with one attached hydrogen (secondary N) is 1. The Balaban J connectivity index is 1.54. The van der Waals surface area contributed by atoms with E-state index in [4.69, 9.17) is 0 Å². The molecule has 138 valence electrons. The van der Waals surface area contributed by atoms with Crippen molar-refractivity contribution in [2.24, 2.45) is 13.0 Å². The highest BCUT2D eigenvalue weighted by molar-refractivity contribution is 5.76. The molecule has 1 aromatic heterocycles. The molecule has 0 aliphatic carbocycles. The standard InChI is InChI=1S/C19H23FN4O2/c1-23-19(26)10-16(12-22-23)24-8-4-5-14(13-24)9-18(25)21-11-15-6-2-3-7-17(15)20/h2-3,6-7,10,12,14H,4-5,8-9,11,13H2,1H3,(H,21,25). The van der Waals surface area contributed by atoms with Crippen LogP contribution in [0, 0.1) is 11.7 Å². The van der Waals surface area contributed by atoms with Crippen LogP contribution in [0.4, 0.5) is 10.1 Å². The van der Waals surface area contributed by atoms with Crippen molar-refractivity contribution in [3.8, 4) is 0 Å². The van der Waals surface area contributed by atoms with Gasteiger partial charge in [0.15, 0.2) is 0 Å². The van der Waals surface area contributed by atoms with Crippen LogP contribution >= 0.6 is 0 Å². The van der Waals surface area contributed by atoms with Crippen molar-refractivity contribution < 1.29 is 9.18 Å². The van der Waals surface area contributed by atoms with E-state index in [1.807, 2.05) is 0 Å². The third kappa shape index (κ3) is 4.47. The maximum Gasteiger partial charge on any atom is 0.268 e. The van der Waals surface area contributed by atoms with Crippen molar-refractivity contribution in [3.63, 3.8) is 0 Å². The van der Waals surface area contributed by atoms with Gasteiger partial charge in [0.2, 0.25) is 5.91 Å². The largest absolute Gasteiger partial charge is 0.370 e. The molecule has 7 heteroatoms. The predicted octanol–water partition coefficient (Wildman–Crippen LogP) is 1.84. The summed E-state index contributed by atoms with van der Waals surface area (Å²) in [7, 11) is 1.62. The Kier molecular flexibility index (Phi) is 5.65. The lowest BCUT2D eigenvalue weighted by atomic mass is 9.94. The van der Waals surface area contributed by atoms with Gasteiger partial charge in [0.05, 0.1) is 11.9 Å². The average Bonchev–Trinajstić information content (AvgIpc) is 2.63. The molecule has 2 aromatic rings. The van der Waals surface area contributed by atoms with E-state index in [0.717, 1.165) is 25.1 Å². The first-order valence-electron chi connectivity index (χ1n) is 8.81. The molecular formula is C19H23FN4O2. The number of carbonyl (C=O) groups is 1. The molecule has 3 rings (SSSR count). The number of nitrogens with zero attached hydrogens (tertiary/aromatic N) is 3. The fraction of sp³-hybridized carbons (Fsp3) is 0.421. The number of hydrogen-bond acceptors (Lipinski definition) is 4. The van der Waals surface area contributed by atoms with E-state index in [1.165, 1.54) is 10.7 Å². The molecule has 0 spiro atoms. The van der Waals surface area contributed by atoms with Gasteiger partial charge in [-0.05, 0) is 24.8 Å². The minimum atomic E-state index is -0.310. The molecule has 6 nitrogen and oxygen atoms in total. The summed E-state index contributed by atoms with van der Waals surface area (Å²) in [6.45, 7) is 1.75. The average molecular weight is 358 g/mol. The van der Waals surface area contributed by atoms with E-state index in [0.29, 0.717) is 18.5 Å². The zero-order valence-electron chi connectivity index (χ0n) is 14.8. The summed E-state index contributed by atoms with van der Waals surface area (Å²) < 4.78 is 14.9. The molecular weight excluding hydrogens is 335 g/mol. The van der Waals surface area contributed by atoms with E-state index >= 15 is 0 Å². The van der Waals surface area contributed by atoms with Crippen molar-refractivity contribution in [1.29, 1.82) is 0 Å². The van der Waals surface area contributed by atoms with Gasteiger partial charge >= 0.3 is 0 Å². The van der Waals surface area contributed by atoms with Crippen molar-refractivity contribution in [1.82, 2.24) is 15.1 Å². The lowest BCUT2D eigenvalue weighted by molar-refractivity contribution is -0.122. The molecule has 1 fully saturated rings. The Morgan fingerprint density at radius 1 is 1.38 bits per heavy atom. The first kappa shape index (κ1) is 18.1. The third-order valence-corrected chi connectivity index (χ3v) is 4.75. The number of hydrogen-bond donors (Lipinski definition) is 1. The lowest BCUT2D eigenvalue weighted by Crippen LogP contribution is -2.38. The Morgan fingerprint density at radius 3 is 2.96 bits per heavy atom. The quantitative estimate of drug-likeness (QED) is 0.886. The van der Waals surface area contributed by atoms with Crippen LogP contribution in [0.15, 0.2) is 41.3 Å². The number of amides is 1. The van der Waals surface area contributed by atoms with Crippen LogP contribution in [-0.4, -0.2) is 28.8 Å². The Hall–Kier alpha value is -2.70. The third-order valence-electron chi connectivity index (χ3n) is 4.75. The molecule has 2 heterocycles. The van der Waals surface area contributed by atoms with Crippen molar-refractivity contribution in [3.05, 3.63) is 58.3 Å². The number of anilines is 1. The molecule has 0 bridgehead atoms. The minimum absolute atomic E-state index is 0.0813. The van der Waals surface area contributed by atoms with Crippen molar-refractivity contribution in [2.45, 2.75) is 25.8 Å². The van der Waals surface area contributed by atoms with Gasteiger partial charge in [-0.2, -0.15) is 5.10 Å². The van der Waals surface area contributed by atoms with Crippen LogP contribution in [0.1, 0.15) is 24.8 Å². The number of aromatic nitrogens is 2. The Bertz CT molecular complexity index is 836. The van der Waals surface area contributed by atoms with Crippen LogP contribution < -0.4 is 15.8 Å². The molecule has 1 aromatic carbocycles. The second-order valence-electron chi connectivity index (χ2n) is 6.70. The van der Waals surface area contributed by atoms with Crippen LogP contribution in [-0.2, 0) is 18.4 Å². The molecule has 1 aliphatic rings. The highest BCUT2D eigenvalue weighted by Gasteiger charge is 2.23. The molecule has 0 radical (unpaired) electrons. The first-order valence-corrected chi connectivity index (χ1v) is 8.81. The summed E-state index contributed by atoms with van der Waals surface area (Å²) in [4.78, 5) is 26.1. The summed E-state index contributed by atoms with van der Waals surface area (Å²) in [6.07, 6.45) is 3.99. The fourth-order valence-electron chi connectivity index (χ4n) is 3.27. The highest BCUT2D eigenvalue weighted by atomic mass is 19.1. The molecule has 1 amide bonds. The zero-order valence-corrected chi connectivity index (χ0v) is 14.8.